The fourth-order valence-electron chi connectivity index (χ4n) is 2.15. The number of furan rings is 1. The smallest absolute Gasteiger partial charge is 0.319 e. The van der Waals surface area contributed by atoms with E-state index in [0.29, 0.717) is 11.5 Å². The number of hydrogen-bond donors (Lipinski definition) is 2. The van der Waals surface area contributed by atoms with E-state index in [2.05, 4.69) is 15.4 Å². The zero-order chi connectivity index (χ0) is 17.7. The van der Waals surface area contributed by atoms with Crippen molar-refractivity contribution < 1.29 is 27.5 Å². The molecule has 6 nitrogen and oxygen atoms in total. The van der Waals surface area contributed by atoms with Crippen LogP contribution < -0.4 is 15.4 Å². The molecule has 2 N–H and O–H groups in total. The summed E-state index contributed by atoms with van der Waals surface area (Å²) in [7, 11) is 2.64. The predicted octanol–water partition coefficient (Wildman–Crippen LogP) is 3.38. The summed E-state index contributed by atoms with van der Waals surface area (Å²) in [5.74, 6) is -1.14. The highest BCUT2D eigenvalue weighted by Crippen LogP contribution is 2.25. The summed E-state index contributed by atoms with van der Waals surface area (Å²) in [5.41, 5.74) is -0.0462. The standard InChI is InChI=1S/C16H18F2N2O4/c1-9-4-5-14(24-9)13(8-22-2)20-16(21)19-10-6-11(17)15(23-3)12(18)7-10/h4-7,13H,8H2,1-3H3,(H2,19,20,21). The molecule has 0 saturated carbocycles. The van der Waals surface area contributed by atoms with Crippen molar-refractivity contribution in [2.75, 3.05) is 26.1 Å². The zero-order valence-corrected chi connectivity index (χ0v) is 13.5. The maximum Gasteiger partial charge on any atom is 0.319 e. The number of benzene rings is 1. The van der Waals surface area contributed by atoms with E-state index in [4.69, 9.17) is 9.15 Å². The molecule has 0 aliphatic heterocycles. The lowest BCUT2D eigenvalue weighted by atomic mass is 10.2. The highest BCUT2D eigenvalue weighted by Gasteiger charge is 2.19. The van der Waals surface area contributed by atoms with E-state index in [0.717, 1.165) is 19.2 Å². The van der Waals surface area contributed by atoms with Crippen LogP contribution in [0.3, 0.4) is 0 Å². The molecule has 2 rings (SSSR count). The second-order valence-electron chi connectivity index (χ2n) is 5.03. The summed E-state index contributed by atoms with van der Waals surface area (Å²) in [4.78, 5) is 12.1. The first-order valence-electron chi connectivity index (χ1n) is 7.10. The molecule has 0 spiro atoms. The van der Waals surface area contributed by atoms with Gasteiger partial charge < -0.3 is 24.5 Å². The van der Waals surface area contributed by atoms with Crippen molar-refractivity contribution in [3.8, 4) is 5.75 Å². The first-order valence-corrected chi connectivity index (χ1v) is 7.10. The number of halogens is 2. The second-order valence-corrected chi connectivity index (χ2v) is 5.03. The number of hydrogen-bond acceptors (Lipinski definition) is 4. The zero-order valence-electron chi connectivity index (χ0n) is 13.5. The van der Waals surface area contributed by atoms with E-state index in [1.54, 1.807) is 19.1 Å². The lowest BCUT2D eigenvalue weighted by Crippen LogP contribution is -2.34. The van der Waals surface area contributed by atoms with Gasteiger partial charge in [0.15, 0.2) is 17.4 Å². The van der Waals surface area contributed by atoms with Gasteiger partial charge in [-0.1, -0.05) is 0 Å². The van der Waals surface area contributed by atoms with Crippen LogP contribution in [-0.2, 0) is 4.74 Å². The van der Waals surface area contributed by atoms with Crippen LogP contribution in [0.5, 0.6) is 5.75 Å². The van der Waals surface area contributed by atoms with Gasteiger partial charge in [-0.25, -0.2) is 13.6 Å². The molecule has 0 aliphatic carbocycles. The van der Waals surface area contributed by atoms with Crippen molar-refractivity contribution in [3.05, 3.63) is 47.4 Å². The summed E-state index contributed by atoms with van der Waals surface area (Å²) in [5, 5.41) is 4.98. The fourth-order valence-corrected chi connectivity index (χ4v) is 2.15. The molecule has 0 aliphatic rings. The van der Waals surface area contributed by atoms with E-state index in [1.165, 1.54) is 7.11 Å². The molecule has 0 saturated heterocycles. The molecule has 0 fully saturated rings. The number of rotatable bonds is 6. The Hall–Kier alpha value is -2.61. The van der Waals surface area contributed by atoms with Gasteiger partial charge in [0.2, 0.25) is 0 Å². The van der Waals surface area contributed by atoms with Gasteiger partial charge in [0.1, 0.15) is 17.6 Å². The van der Waals surface area contributed by atoms with Crippen LogP contribution in [-0.4, -0.2) is 26.9 Å². The van der Waals surface area contributed by atoms with Crippen LogP contribution in [0.4, 0.5) is 19.3 Å². The molecule has 1 aromatic heterocycles. The SMILES string of the molecule is COCC(NC(=O)Nc1cc(F)c(OC)c(F)c1)c1ccc(C)o1. The minimum Gasteiger partial charge on any atom is -0.491 e. The van der Waals surface area contributed by atoms with Crippen molar-refractivity contribution in [3.63, 3.8) is 0 Å². The third kappa shape index (κ3) is 4.23. The number of carbonyl (C=O) groups is 1. The van der Waals surface area contributed by atoms with E-state index >= 15 is 0 Å². The minimum atomic E-state index is -0.914. The summed E-state index contributed by atoms with van der Waals surface area (Å²) in [6, 6.07) is 4.19. The maximum absolute atomic E-state index is 13.6. The predicted molar refractivity (Wildman–Crippen MR) is 83.1 cm³/mol. The Morgan fingerprint density at radius 3 is 2.42 bits per heavy atom. The van der Waals surface area contributed by atoms with Crippen LogP contribution in [0.2, 0.25) is 0 Å². The molecular formula is C16H18F2N2O4. The first kappa shape index (κ1) is 17.7. The molecular weight excluding hydrogens is 322 g/mol. The van der Waals surface area contributed by atoms with Gasteiger partial charge in [-0.2, -0.15) is 0 Å². The van der Waals surface area contributed by atoms with E-state index in [9.17, 15) is 13.6 Å². The Balaban J connectivity index is 2.08. The monoisotopic (exact) mass is 340 g/mol. The molecule has 0 radical (unpaired) electrons. The summed E-state index contributed by atoms with van der Waals surface area (Å²) < 4.78 is 42.4. The Bertz CT molecular complexity index is 695. The third-order valence-corrected chi connectivity index (χ3v) is 3.20. The molecule has 130 valence electrons. The lowest BCUT2D eigenvalue weighted by molar-refractivity contribution is 0.158. The van der Waals surface area contributed by atoms with Crippen LogP contribution in [0.15, 0.2) is 28.7 Å². The number of ether oxygens (including phenoxy) is 2. The molecule has 2 aromatic rings. The van der Waals surface area contributed by atoms with Gasteiger partial charge in [0.25, 0.3) is 0 Å². The topological polar surface area (TPSA) is 72.7 Å². The average molecular weight is 340 g/mol. The number of amides is 2. The van der Waals surface area contributed by atoms with Gasteiger partial charge >= 0.3 is 6.03 Å². The molecule has 1 heterocycles. The Labute approximate surface area is 137 Å². The number of urea groups is 1. The average Bonchev–Trinajstić information content (AvgIpc) is 2.93. The van der Waals surface area contributed by atoms with Crippen molar-refractivity contribution in [2.24, 2.45) is 0 Å². The second kappa shape index (κ2) is 7.78. The molecule has 1 aromatic carbocycles. The van der Waals surface area contributed by atoms with Gasteiger partial charge in [-0.15, -0.1) is 0 Å². The molecule has 2 amide bonds. The van der Waals surface area contributed by atoms with Gasteiger partial charge in [0.05, 0.1) is 13.7 Å². The molecule has 8 heteroatoms. The molecule has 24 heavy (non-hydrogen) atoms. The lowest BCUT2D eigenvalue weighted by Gasteiger charge is -2.16. The maximum atomic E-state index is 13.6. The number of anilines is 1. The van der Waals surface area contributed by atoms with Crippen LogP contribution in [0.25, 0.3) is 0 Å². The number of carbonyl (C=O) groups excluding carboxylic acids is 1. The minimum absolute atomic E-state index is 0.0462. The van der Waals surface area contributed by atoms with Crippen molar-refractivity contribution in [1.29, 1.82) is 0 Å². The van der Waals surface area contributed by atoms with Crippen molar-refractivity contribution in [2.45, 2.75) is 13.0 Å². The quantitative estimate of drug-likeness (QED) is 0.845. The number of methoxy groups -OCH3 is 2. The first-order chi connectivity index (χ1) is 11.4. The van der Waals surface area contributed by atoms with Crippen molar-refractivity contribution in [1.82, 2.24) is 5.32 Å². The largest absolute Gasteiger partial charge is 0.491 e. The van der Waals surface area contributed by atoms with Crippen molar-refractivity contribution >= 4 is 11.7 Å². The Morgan fingerprint density at radius 2 is 1.92 bits per heavy atom. The van der Waals surface area contributed by atoms with Crippen LogP contribution >= 0.6 is 0 Å². The normalized spacial score (nSPS) is 11.9. The van der Waals surface area contributed by atoms with Crippen LogP contribution in [0.1, 0.15) is 17.6 Å². The summed E-state index contributed by atoms with van der Waals surface area (Å²) >= 11 is 0. The molecule has 0 bridgehead atoms. The fraction of sp³-hybridized carbons (Fsp3) is 0.312. The Kier molecular flexibility index (Phi) is 5.75. The van der Waals surface area contributed by atoms with Gasteiger partial charge in [-0.05, 0) is 19.1 Å². The number of nitrogens with one attached hydrogen (secondary N) is 2. The molecule has 1 atom stereocenters. The van der Waals surface area contributed by atoms with Gasteiger partial charge in [-0.3, -0.25) is 0 Å². The van der Waals surface area contributed by atoms with E-state index < -0.39 is 29.5 Å². The summed E-state index contributed by atoms with van der Waals surface area (Å²) in [6.07, 6.45) is 0. The third-order valence-electron chi connectivity index (χ3n) is 3.20. The molecule has 1 unspecified atom stereocenters. The Morgan fingerprint density at radius 1 is 1.25 bits per heavy atom. The van der Waals surface area contributed by atoms with E-state index in [1.807, 2.05) is 0 Å². The highest BCUT2D eigenvalue weighted by atomic mass is 19.1. The van der Waals surface area contributed by atoms with Crippen LogP contribution in [0, 0.1) is 18.6 Å². The van der Waals surface area contributed by atoms with Gasteiger partial charge in [0, 0.05) is 24.9 Å². The van der Waals surface area contributed by atoms with E-state index in [-0.39, 0.29) is 12.3 Å². The summed E-state index contributed by atoms with van der Waals surface area (Å²) in [6.45, 7) is 1.95. The number of aryl methyl sites for hydroxylation is 1. The highest BCUT2D eigenvalue weighted by molar-refractivity contribution is 5.89.